The molecule has 1 aliphatic rings. The predicted molar refractivity (Wildman–Crippen MR) is 45.3 cm³/mol. The van der Waals surface area contributed by atoms with Crippen LogP contribution in [0.25, 0.3) is 5.32 Å². The van der Waals surface area contributed by atoms with Gasteiger partial charge in [-0.05, 0) is 12.8 Å². The van der Waals surface area contributed by atoms with Gasteiger partial charge in [0.15, 0.2) is 0 Å². The van der Waals surface area contributed by atoms with Gasteiger partial charge in [0, 0.05) is 33.0 Å². The summed E-state index contributed by atoms with van der Waals surface area (Å²) in [6.45, 7) is 0. The molecule has 2 rings (SSSR count). The van der Waals surface area contributed by atoms with E-state index in [1.807, 2.05) is 0 Å². The van der Waals surface area contributed by atoms with E-state index >= 15 is 0 Å². The fourth-order valence-corrected chi connectivity index (χ4v) is 0.850. The summed E-state index contributed by atoms with van der Waals surface area (Å²) < 4.78 is 4.47. The molecular formula is C8H13N2O2W-. The van der Waals surface area contributed by atoms with E-state index in [-0.39, 0.29) is 27.0 Å². The largest absolute Gasteiger partial charge is 0.668 e. The van der Waals surface area contributed by atoms with Gasteiger partial charge in [0.25, 0.3) is 0 Å². The Balaban J connectivity index is 0.000000324. The van der Waals surface area contributed by atoms with Crippen molar-refractivity contribution in [1.82, 2.24) is 5.16 Å². The minimum Gasteiger partial charge on any atom is -0.668 e. The maximum absolute atomic E-state index is 8.70. The van der Waals surface area contributed by atoms with E-state index in [4.69, 9.17) is 5.11 Å². The molecule has 13 heavy (non-hydrogen) atoms. The van der Waals surface area contributed by atoms with E-state index in [9.17, 15) is 0 Å². The second kappa shape index (κ2) is 6.16. The maximum Gasteiger partial charge on any atom is 0.308 e. The van der Waals surface area contributed by atoms with Gasteiger partial charge in [-0.25, -0.2) is 0 Å². The van der Waals surface area contributed by atoms with Crippen LogP contribution in [0.3, 0.4) is 0 Å². The molecule has 4 nitrogen and oxygen atoms in total. The monoisotopic (exact) mass is 353 g/mol. The second-order valence-electron chi connectivity index (χ2n) is 2.81. The third kappa shape index (κ3) is 4.44. The molecule has 1 fully saturated rings. The number of rotatable bonds is 1. The molecule has 1 aliphatic carbocycles. The molecule has 1 saturated carbocycles. The van der Waals surface area contributed by atoms with Gasteiger partial charge in [0.05, 0.1) is 5.69 Å². The number of hydrogen-bond acceptors (Lipinski definition) is 3. The first-order chi connectivity index (χ1) is 5.77. The van der Waals surface area contributed by atoms with Crippen molar-refractivity contribution in [2.75, 3.05) is 14.1 Å². The summed E-state index contributed by atoms with van der Waals surface area (Å²) in [4.78, 5) is 0. The molecule has 1 N–H and O–H groups in total. The van der Waals surface area contributed by atoms with Crippen molar-refractivity contribution in [1.29, 1.82) is 0 Å². The molecule has 1 aromatic heterocycles. The van der Waals surface area contributed by atoms with Crippen LogP contribution >= 0.6 is 0 Å². The van der Waals surface area contributed by atoms with Gasteiger partial charge in [-0.3, -0.25) is 0 Å². The zero-order chi connectivity index (χ0) is 8.97. The molecule has 74 valence electrons. The van der Waals surface area contributed by atoms with Crippen LogP contribution in [-0.4, -0.2) is 24.4 Å². The quantitative estimate of drug-likeness (QED) is 0.839. The summed E-state index contributed by atoms with van der Waals surface area (Å²) in [5, 5.41) is 15.9. The van der Waals surface area contributed by atoms with Crippen LogP contribution in [0.2, 0.25) is 0 Å². The molecule has 0 amide bonds. The average Bonchev–Trinajstić information content (AvgIpc) is 2.78. The van der Waals surface area contributed by atoms with Crippen LogP contribution < -0.4 is 0 Å². The summed E-state index contributed by atoms with van der Waals surface area (Å²) in [7, 11) is 3.50. The van der Waals surface area contributed by atoms with Gasteiger partial charge in [0.1, 0.15) is 0 Å². The molecule has 0 radical (unpaired) electrons. The summed E-state index contributed by atoms with van der Waals surface area (Å²) in [6.07, 6.45) is 2.37. The molecule has 0 bridgehead atoms. The molecule has 1 heterocycles. The molecule has 5 heteroatoms. The number of aromatic nitrogens is 1. The van der Waals surface area contributed by atoms with Crippen LogP contribution in [0.15, 0.2) is 10.6 Å². The molecule has 0 saturated heterocycles. The van der Waals surface area contributed by atoms with Crippen LogP contribution in [-0.2, 0) is 21.1 Å². The molecule has 1 aromatic rings. The smallest absolute Gasteiger partial charge is 0.308 e. The molecule has 0 unspecified atom stereocenters. The van der Waals surface area contributed by atoms with Crippen LogP contribution in [0.5, 0.6) is 5.95 Å². The second-order valence-corrected chi connectivity index (χ2v) is 2.81. The Morgan fingerprint density at radius 2 is 2.08 bits per heavy atom. The van der Waals surface area contributed by atoms with Crippen molar-refractivity contribution in [3.63, 3.8) is 0 Å². The van der Waals surface area contributed by atoms with Crippen molar-refractivity contribution in [3.8, 4) is 5.95 Å². The summed E-state index contributed by atoms with van der Waals surface area (Å²) >= 11 is 0. The fourth-order valence-electron chi connectivity index (χ4n) is 0.850. The minimum atomic E-state index is -0.0723. The Morgan fingerprint density at radius 3 is 2.38 bits per heavy atom. The van der Waals surface area contributed by atoms with Gasteiger partial charge in [-0.2, -0.15) is 14.1 Å². The van der Waals surface area contributed by atoms with Crippen LogP contribution in [0.1, 0.15) is 24.5 Å². The van der Waals surface area contributed by atoms with E-state index in [0.717, 1.165) is 5.69 Å². The van der Waals surface area contributed by atoms with Crippen molar-refractivity contribution >= 4 is 0 Å². The maximum atomic E-state index is 8.70. The summed E-state index contributed by atoms with van der Waals surface area (Å²) in [5.74, 6) is 0.492. The molecule has 0 aromatic carbocycles. The molecular weight excluding hydrogens is 340 g/mol. The Hall–Kier alpha value is -0.342. The predicted octanol–water partition coefficient (Wildman–Crippen LogP) is 1.87. The van der Waals surface area contributed by atoms with Gasteiger partial charge in [-0.15, -0.1) is 0 Å². The Bertz CT molecular complexity index is 236. The average molecular weight is 353 g/mol. The first-order valence-electron chi connectivity index (χ1n) is 3.91. The van der Waals surface area contributed by atoms with Gasteiger partial charge >= 0.3 is 5.95 Å². The SMILES string of the molecule is C[N-]C.Oc1cc(C2CC2)no1.[W]. The van der Waals surface area contributed by atoms with Crippen molar-refractivity contribution in [2.24, 2.45) is 0 Å². The first kappa shape index (κ1) is 12.7. The topological polar surface area (TPSA) is 60.4 Å². The normalized spacial score (nSPS) is 14.0. The third-order valence-electron chi connectivity index (χ3n) is 1.51. The van der Waals surface area contributed by atoms with Crippen molar-refractivity contribution in [2.45, 2.75) is 18.8 Å². The van der Waals surface area contributed by atoms with E-state index in [1.165, 1.54) is 12.8 Å². The van der Waals surface area contributed by atoms with Crippen molar-refractivity contribution in [3.05, 3.63) is 17.1 Å². The molecule has 0 atom stereocenters. The van der Waals surface area contributed by atoms with E-state index < -0.39 is 0 Å². The van der Waals surface area contributed by atoms with E-state index in [0.29, 0.717) is 5.92 Å². The van der Waals surface area contributed by atoms with Gasteiger partial charge < -0.3 is 14.9 Å². The van der Waals surface area contributed by atoms with Crippen LogP contribution in [0.4, 0.5) is 0 Å². The number of nitrogens with zero attached hydrogens (tertiary/aromatic N) is 2. The first-order valence-corrected chi connectivity index (χ1v) is 3.91. The standard InChI is InChI=1S/C6H7NO2.C2H6N.W/c8-6-3-5(7-9-6)4-1-2-4;1-3-2;/h3-4,8H,1-2H2;1-2H3;/q;-1;. The zero-order valence-corrected chi connectivity index (χ0v) is 10.7. The Morgan fingerprint density at radius 1 is 1.54 bits per heavy atom. The third-order valence-corrected chi connectivity index (χ3v) is 1.51. The Kier molecular flexibility index (Phi) is 6.00. The fraction of sp³-hybridized carbons (Fsp3) is 0.625. The van der Waals surface area contributed by atoms with Crippen molar-refractivity contribution < 1.29 is 30.7 Å². The summed E-state index contributed by atoms with van der Waals surface area (Å²) in [5.41, 5.74) is 0.896. The minimum absolute atomic E-state index is 0. The Labute approximate surface area is 92.0 Å². The van der Waals surface area contributed by atoms with Crippen LogP contribution in [0, 0.1) is 0 Å². The van der Waals surface area contributed by atoms with E-state index in [2.05, 4.69) is 15.0 Å². The molecule has 0 aliphatic heterocycles. The zero-order valence-electron chi connectivity index (χ0n) is 7.73. The summed E-state index contributed by atoms with van der Waals surface area (Å²) in [6, 6.07) is 1.58. The van der Waals surface area contributed by atoms with Gasteiger partial charge in [0.2, 0.25) is 0 Å². The number of hydrogen-bond donors (Lipinski definition) is 1. The number of aromatic hydroxyl groups is 1. The van der Waals surface area contributed by atoms with E-state index in [1.54, 1.807) is 20.2 Å². The molecule has 0 spiro atoms. The van der Waals surface area contributed by atoms with Gasteiger partial charge in [-0.1, -0.05) is 5.16 Å².